The van der Waals surface area contributed by atoms with E-state index in [-0.39, 0.29) is 11.8 Å². The Morgan fingerprint density at radius 2 is 1.64 bits per heavy atom. The van der Waals surface area contributed by atoms with E-state index in [1.807, 2.05) is 48.5 Å². The third-order valence-electron chi connectivity index (χ3n) is 5.25. The van der Waals surface area contributed by atoms with Gasteiger partial charge in [0.2, 0.25) is 0 Å². The number of amides is 2. The number of anilines is 1. The number of fused-ring (bicyclic) bond motifs is 1. The second kappa shape index (κ2) is 7.42. The average molecular weight is 378 g/mol. The van der Waals surface area contributed by atoms with Crippen molar-refractivity contribution < 1.29 is 14.3 Å². The molecule has 2 amide bonds. The molecule has 2 aliphatic heterocycles. The zero-order chi connectivity index (χ0) is 19.7. The van der Waals surface area contributed by atoms with Crippen molar-refractivity contribution in [1.82, 2.24) is 5.01 Å². The lowest BCUT2D eigenvalue weighted by atomic mass is 10.1. The number of benzene rings is 2. The number of nitrogens with zero attached hydrogens (tertiary/aromatic N) is 4. The van der Waals surface area contributed by atoms with Crippen LogP contribution in [0.3, 0.4) is 0 Å². The molecule has 7 nitrogen and oxygen atoms in total. The summed E-state index contributed by atoms with van der Waals surface area (Å²) in [6.45, 7) is 2.57. The summed E-state index contributed by atoms with van der Waals surface area (Å²) >= 11 is 0. The number of methoxy groups -OCH3 is 1. The van der Waals surface area contributed by atoms with Crippen molar-refractivity contribution in [3.63, 3.8) is 0 Å². The van der Waals surface area contributed by atoms with Crippen LogP contribution in [0.2, 0.25) is 0 Å². The largest absolute Gasteiger partial charge is 0.497 e. The molecule has 2 heterocycles. The van der Waals surface area contributed by atoms with Gasteiger partial charge in [0.25, 0.3) is 11.8 Å². The fourth-order valence-corrected chi connectivity index (χ4v) is 3.58. The molecule has 0 aliphatic carbocycles. The molecule has 28 heavy (non-hydrogen) atoms. The smallest absolute Gasteiger partial charge is 0.263 e. The number of aryl methyl sites for hydroxylation is 1. The number of carbonyl (C=O) groups excluding carboxylic acids is 2. The Morgan fingerprint density at radius 1 is 0.964 bits per heavy atom. The van der Waals surface area contributed by atoms with Crippen LogP contribution < -0.4 is 9.64 Å². The highest BCUT2D eigenvalue weighted by molar-refractivity contribution is 6.25. The molecule has 0 N–H and O–H groups in total. The molecule has 0 saturated carbocycles. The lowest BCUT2D eigenvalue weighted by Gasteiger charge is -2.20. The molecule has 7 heteroatoms. The van der Waals surface area contributed by atoms with E-state index in [9.17, 15) is 9.59 Å². The fraction of sp³-hybridized carbons (Fsp3) is 0.333. The summed E-state index contributed by atoms with van der Waals surface area (Å²) in [6.07, 6.45) is 1.60. The maximum atomic E-state index is 13.0. The molecule has 0 spiro atoms. The predicted molar refractivity (Wildman–Crippen MR) is 104 cm³/mol. The van der Waals surface area contributed by atoms with E-state index in [1.54, 1.807) is 12.1 Å². The molecule has 0 radical (unpaired) electrons. The third-order valence-corrected chi connectivity index (χ3v) is 5.25. The van der Waals surface area contributed by atoms with Crippen LogP contribution in [0, 0.1) is 0 Å². The summed E-state index contributed by atoms with van der Waals surface area (Å²) in [5, 5.41) is 9.80. The summed E-state index contributed by atoms with van der Waals surface area (Å²) in [4.78, 5) is 27.0. The van der Waals surface area contributed by atoms with Gasteiger partial charge in [0, 0.05) is 6.54 Å². The first kappa shape index (κ1) is 18.2. The molecule has 2 atom stereocenters. The maximum Gasteiger partial charge on any atom is 0.263 e. The summed E-state index contributed by atoms with van der Waals surface area (Å²) in [5.74, 6) is 0.222. The van der Waals surface area contributed by atoms with Gasteiger partial charge in [0.1, 0.15) is 5.75 Å². The Balaban J connectivity index is 1.47. The van der Waals surface area contributed by atoms with Gasteiger partial charge >= 0.3 is 0 Å². The highest BCUT2D eigenvalue weighted by Gasteiger charge is 2.54. The molecule has 144 valence electrons. The van der Waals surface area contributed by atoms with Gasteiger partial charge in [-0.25, -0.2) is 4.90 Å². The minimum atomic E-state index is -0.755. The summed E-state index contributed by atoms with van der Waals surface area (Å²) < 4.78 is 5.17. The minimum absolute atomic E-state index is 0.265. The first-order chi connectivity index (χ1) is 13.6. The van der Waals surface area contributed by atoms with Crippen LogP contribution >= 0.6 is 0 Å². The third kappa shape index (κ3) is 3.13. The van der Waals surface area contributed by atoms with Crippen molar-refractivity contribution in [2.24, 2.45) is 10.3 Å². The second-order valence-electron chi connectivity index (χ2n) is 6.89. The first-order valence-electron chi connectivity index (χ1n) is 9.39. The standard InChI is InChI=1S/C21H22N4O3/c1-3-14-4-8-16(9-5-14)25-20(26)18-19(21(25)27)24(23-22-18)13-12-15-6-10-17(28-2)11-7-15/h4-11,18-19H,3,12-13H2,1-2H3. The fourth-order valence-electron chi connectivity index (χ4n) is 3.58. The molecule has 1 fully saturated rings. The summed E-state index contributed by atoms with van der Waals surface area (Å²) in [5.41, 5.74) is 2.85. The van der Waals surface area contributed by atoms with Crippen molar-refractivity contribution in [2.45, 2.75) is 31.8 Å². The van der Waals surface area contributed by atoms with Gasteiger partial charge in [-0.2, -0.15) is 5.11 Å². The molecule has 0 aromatic heterocycles. The van der Waals surface area contributed by atoms with Gasteiger partial charge in [-0.05, 0) is 48.2 Å². The molecule has 2 unspecified atom stereocenters. The molecule has 0 bridgehead atoms. The van der Waals surface area contributed by atoms with E-state index in [0.717, 1.165) is 23.3 Å². The Bertz CT molecular complexity index is 908. The number of rotatable bonds is 6. The zero-order valence-electron chi connectivity index (χ0n) is 15.9. The Morgan fingerprint density at radius 3 is 2.29 bits per heavy atom. The van der Waals surface area contributed by atoms with E-state index in [0.29, 0.717) is 18.7 Å². The lowest BCUT2D eigenvalue weighted by molar-refractivity contribution is -0.123. The van der Waals surface area contributed by atoms with Gasteiger partial charge in [0.05, 0.1) is 12.8 Å². The molecule has 2 aromatic rings. The van der Waals surface area contributed by atoms with Crippen molar-refractivity contribution in [1.29, 1.82) is 0 Å². The van der Waals surface area contributed by atoms with Crippen molar-refractivity contribution in [3.8, 4) is 5.75 Å². The second-order valence-corrected chi connectivity index (χ2v) is 6.89. The van der Waals surface area contributed by atoms with Gasteiger partial charge in [-0.15, -0.1) is 0 Å². The monoisotopic (exact) mass is 378 g/mol. The predicted octanol–water partition coefficient (Wildman–Crippen LogP) is 2.79. The van der Waals surface area contributed by atoms with Crippen LogP contribution in [0.25, 0.3) is 0 Å². The lowest BCUT2D eigenvalue weighted by Crippen LogP contribution is -2.40. The van der Waals surface area contributed by atoms with Crippen molar-refractivity contribution in [2.75, 3.05) is 18.6 Å². The molecule has 2 aliphatic rings. The number of hydrogen-bond acceptors (Lipinski definition) is 6. The van der Waals surface area contributed by atoms with Crippen molar-refractivity contribution >= 4 is 17.5 Å². The van der Waals surface area contributed by atoms with Gasteiger partial charge in [-0.1, -0.05) is 36.4 Å². The number of carbonyl (C=O) groups is 2. The Labute approximate surface area is 163 Å². The average Bonchev–Trinajstić information content (AvgIpc) is 3.26. The molecule has 4 rings (SSSR count). The molecular formula is C21H22N4O3. The van der Waals surface area contributed by atoms with E-state index in [1.165, 1.54) is 4.90 Å². The molecular weight excluding hydrogens is 356 g/mol. The van der Waals surface area contributed by atoms with E-state index >= 15 is 0 Å². The van der Waals surface area contributed by atoms with Gasteiger partial charge in [-0.3, -0.25) is 14.6 Å². The topological polar surface area (TPSA) is 74.6 Å². The molecule has 2 aromatic carbocycles. The van der Waals surface area contributed by atoms with Crippen LogP contribution in [0.15, 0.2) is 58.9 Å². The maximum absolute atomic E-state index is 13.0. The van der Waals surface area contributed by atoms with E-state index in [2.05, 4.69) is 17.3 Å². The first-order valence-corrected chi connectivity index (χ1v) is 9.39. The molecule has 1 saturated heterocycles. The Kier molecular flexibility index (Phi) is 4.81. The van der Waals surface area contributed by atoms with Crippen LogP contribution in [0.5, 0.6) is 5.75 Å². The summed E-state index contributed by atoms with van der Waals surface area (Å²) in [7, 11) is 1.63. The highest BCUT2D eigenvalue weighted by atomic mass is 16.5. The van der Waals surface area contributed by atoms with Crippen LogP contribution in [-0.4, -0.2) is 42.6 Å². The SMILES string of the molecule is CCc1ccc(N2C(=O)C3N=NN(CCc4ccc(OC)cc4)C3C2=O)cc1. The normalized spacial score (nSPS) is 20.8. The van der Waals surface area contributed by atoms with E-state index < -0.39 is 12.1 Å². The van der Waals surface area contributed by atoms with Crippen LogP contribution in [-0.2, 0) is 22.4 Å². The van der Waals surface area contributed by atoms with Crippen LogP contribution in [0.4, 0.5) is 5.69 Å². The minimum Gasteiger partial charge on any atom is -0.497 e. The van der Waals surface area contributed by atoms with E-state index in [4.69, 9.17) is 4.74 Å². The number of hydrogen-bond donors (Lipinski definition) is 0. The summed E-state index contributed by atoms with van der Waals surface area (Å²) in [6, 6.07) is 13.8. The Hall–Kier alpha value is -3.22. The number of imide groups is 1. The highest BCUT2D eigenvalue weighted by Crippen LogP contribution is 2.32. The quantitative estimate of drug-likeness (QED) is 0.725. The van der Waals surface area contributed by atoms with Gasteiger partial charge < -0.3 is 4.74 Å². The van der Waals surface area contributed by atoms with Gasteiger partial charge in [0.15, 0.2) is 12.1 Å². The van der Waals surface area contributed by atoms with Crippen molar-refractivity contribution in [3.05, 3.63) is 59.7 Å². The number of ether oxygens (including phenoxy) is 1. The zero-order valence-corrected chi connectivity index (χ0v) is 15.9. The van der Waals surface area contributed by atoms with Crippen LogP contribution in [0.1, 0.15) is 18.1 Å².